The first-order chi connectivity index (χ1) is 13.5. The number of imide groups is 1. The largest absolute Gasteiger partial charge is 0.464 e. The molecule has 28 heavy (non-hydrogen) atoms. The fraction of sp³-hybridized carbons (Fsp3) is 0.190. The molecule has 0 saturated heterocycles. The van der Waals surface area contributed by atoms with Crippen molar-refractivity contribution in [2.24, 2.45) is 0 Å². The zero-order valence-corrected chi connectivity index (χ0v) is 15.4. The average Bonchev–Trinajstić information content (AvgIpc) is 3.09. The van der Waals surface area contributed by atoms with E-state index in [-0.39, 0.29) is 6.42 Å². The average molecular weight is 380 g/mol. The maximum absolute atomic E-state index is 12.0. The lowest BCUT2D eigenvalue weighted by Crippen LogP contribution is -2.37. The summed E-state index contributed by atoms with van der Waals surface area (Å²) in [6, 6.07) is 13.8. The minimum absolute atomic E-state index is 0.0258. The van der Waals surface area contributed by atoms with Crippen molar-refractivity contribution in [2.75, 3.05) is 11.9 Å². The molecule has 1 aromatic heterocycles. The predicted octanol–water partition coefficient (Wildman–Crippen LogP) is 3.43. The van der Waals surface area contributed by atoms with Crippen LogP contribution in [0.25, 0.3) is 11.0 Å². The lowest BCUT2D eigenvalue weighted by molar-refractivity contribution is -0.147. The first-order valence-corrected chi connectivity index (χ1v) is 8.85. The van der Waals surface area contributed by atoms with Crippen molar-refractivity contribution < 1.29 is 23.5 Å². The fourth-order valence-electron chi connectivity index (χ4n) is 2.68. The van der Waals surface area contributed by atoms with Crippen molar-refractivity contribution in [3.05, 3.63) is 65.9 Å². The third-order valence-corrected chi connectivity index (χ3v) is 4.11. The quantitative estimate of drug-likeness (QED) is 0.639. The Bertz CT molecular complexity index is 994. The van der Waals surface area contributed by atoms with E-state index in [9.17, 15) is 14.4 Å². The summed E-state index contributed by atoms with van der Waals surface area (Å²) >= 11 is 0. The predicted molar refractivity (Wildman–Crippen MR) is 104 cm³/mol. The van der Waals surface area contributed by atoms with Gasteiger partial charge in [0.15, 0.2) is 6.61 Å². The van der Waals surface area contributed by atoms with Crippen molar-refractivity contribution in [3.8, 4) is 0 Å². The standard InChI is InChI=1S/C21H20N2O5/c1-2-14-8-9-17-15(12-27-18(17)10-14)11-20(25)28-13-19(24)23-21(26)22-16-6-4-3-5-7-16/h3-10,12H,2,11,13H2,1H3,(H2,22,23,24,26). The highest BCUT2D eigenvalue weighted by atomic mass is 16.5. The van der Waals surface area contributed by atoms with Gasteiger partial charge in [-0.05, 0) is 30.2 Å². The van der Waals surface area contributed by atoms with Crippen molar-refractivity contribution in [1.29, 1.82) is 0 Å². The number of urea groups is 1. The summed E-state index contributed by atoms with van der Waals surface area (Å²) in [7, 11) is 0. The number of para-hydroxylation sites is 1. The molecule has 144 valence electrons. The number of nitrogens with one attached hydrogen (secondary N) is 2. The number of carbonyl (C=O) groups excluding carboxylic acids is 3. The SMILES string of the molecule is CCc1ccc2c(CC(=O)OCC(=O)NC(=O)Nc3ccccc3)coc2c1. The van der Waals surface area contributed by atoms with Crippen LogP contribution in [0.3, 0.4) is 0 Å². The van der Waals surface area contributed by atoms with Crippen molar-refractivity contribution in [1.82, 2.24) is 5.32 Å². The molecule has 0 saturated carbocycles. The van der Waals surface area contributed by atoms with E-state index in [1.807, 2.05) is 25.1 Å². The zero-order valence-electron chi connectivity index (χ0n) is 15.4. The van der Waals surface area contributed by atoms with Crippen molar-refractivity contribution >= 4 is 34.6 Å². The highest BCUT2D eigenvalue weighted by Crippen LogP contribution is 2.23. The molecule has 3 aromatic rings. The minimum Gasteiger partial charge on any atom is -0.464 e. The molecule has 2 N–H and O–H groups in total. The Labute approximate surface area is 161 Å². The molecule has 3 rings (SSSR count). The number of aryl methyl sites for hydroxylation is 1. The van der Waals surface area contributed by atoms with Gasteiger partial charge in [-0.25, -0.2) is 4.79 Å². The molecular formula is C21H20N2O5. The van der Waals surface area contributed by atoms with Gasteiger partial charge in [-0.2, -0.15) is 0 Å². The fourth-order valence-corrected chi connectivity index (χ4v) is 2.68. The van der Waals surface area contributed by atoms with Crippen LogP contribution in [-0.4, -0.2) is 24.5 Å². The number of esters is 1. The highest BCUT2D eigenvalue weighted by Gasteiger charge is 2.14. The molecule has 0 bridgehead atoms. The van der Waals surface area contributed by atoms with Crippen molar-refractivity contribution in [2.45, 2.75) is 19.8 Å². The van der Waals surface area contributed by atoms with E-state index >= 15 is 0 Å². The molecule has 0 radical (unpaired) electrons. The number of benzene rings is 2. The van der Waals surface area contributed by atoms with E-state index in [4.69, 9.17) is 9.15 Å². The van der Waals surface area contributed by atoms with Crippen LogP contribution >= 0.6 is 0 Å². The summed E-state index contributed by atoms with van der Waals surface area (Å²) in [4.78, 5) is 35.5. The van der Waals surface area contributed by atoms with Gasteiger partial charge in [0.2, 0.25) is 0 Å². The molecule has 0 aliphatic heterocycles. The Balaban J connectivity index is 1.47. The second-order valence-corrected chi connectivity index (χ2v) is 6.15. The van der Waals surface area contributed by atoms with Gasteiger partial charge in [-0.15, -0.1) is 0 Å². The lowest BCUT2D eigenvalue weighted by atomic mass is 10.1. The van der Waals surface area contributed by atoms with E-state index in [2.05, 4.69) is 10.6 Å². The first-order valence-electron chi connectivity index (χ1n) is 8.85. The monoisotopic (exact) mass is 380 g/mol. The molecule has 0 aliphatic rings. The molecular weight excluding hydrogens is 360 g/mol. The van der Waals surface area contributed by atoms with Crippen LogP contribution in [0.4, 0.5) is 10.5 Å². The molecule has 3 amide bonds. The van der Waals surface area contributed by atoms with E-state index < -0.39 is 24.5 Å². The third-order valence-electron chi connectivity index (χ3n) is 4.11. The third kappa shape index (κ3) is 4.97. The Morgan fingerprint density at radius 1 is 1.07 bits per heavy atom. The normalized spacial score (nSPS) is 10.5. The number of rotatable bonds is 6. The summed E-state index contributed by atoms with van der Waals surface area (Å²) in [5.74, 6) is -1.30. The Kier molecular flexibility index (Phi) is 6.06. The van der Waals surface area contributed by atoms with E-state index in [1.165, 1.54) is 6.26 Å². The van der Waals surface area contributed by atoms with Gasteiger partial charge in [-0.1, -0.05) is 37.3 Å². The van der Waals surface area contributed by atoms with Crippen LogP contribution in [-0.2, 0) is 27.2 Å². The number of ether oxygens (including phenoxy) is 1. The van der Waals surface area contributed by atoms with E-state index in [1.54, 1.807) is 30.3 Å². The first kappa shape index (κ1) is 19.2. The molecule has 0 aliphatic carbocycles. The number of hydrogen-bond acceptors (Lipinski definition) is 5. The summed E-state index contributed by atoms with van der Waals surface area (Å²) in [6.07, 6.45) is 2.38. The van der Waals surface area contributed by atoms with Gasteiger partial charge in [-0.3, -0.25) is 14.9 Å². The van der Waals surface area contributed by atoms with Gasteiger partial charge in [0, 0.05) is 16.6 Å². The zero-order chi connectivity index (χ0) is 19.9. The topological polar surface area (TPSA) is 97.6 Å². The Morgan fingerprint density at radius 3 is 2.61 bits per heavy atom. The summed E-state index contributed by atoms with van der Waals surface area (Å²) < 4.78 is 10.4. The molecule has 0 fully saturated rings. The Morgan fingerprint density at radius 2 is 1.86 bits per heavy atom. The number of anilines is 1. The summed E-state index contributed by atoms with van der Waals surface area (Å²) in [5, 5.41) is 5.44. The van der Waals surface area contributed by atoms with E-state index in [0.29, 0.717) is 16.8 Å². The Hall–Kier alpha value is -3.61. The van der Waals surface area contributed by atoms with Crippen LogP contribution in [0.1, 0.15) is 18.1 Å². The summed E-state index contributed by atoms with van der Waals surface area (Å²) in [5.41, 5.74) is 3.08. The number of furan rings is 1. The summed E-state index contributed by atoms with van der Waals surface area (Å²) in [6.45, 7) is 1.50. The maximum atomic E-state index is 12.0. The number of carbonyl (C=O) groups is 3. The van der Waals surface area contributed by atoms with Crippen LogP contribution in [0.2, 0.25) is 0 Å². The lowest BCUT2D eigenvalue weighted by Gasteiger charge is -2.07. The smallest absolute Gasteiger partial charge is 0.325 e. The molecule has 0 spiro atoms. The highest BCUT2D eigenvalue weighted by molar-refractivity contribution is 6.01. The van der Waals surface area contributed by atoms with Crippen LogP contribution < -0.4 is 10.6 Å². The van der Waals surface area contributed by atoms with Gasteiger partial charge >= 0.3 is 12.0 Å². The van der Waals surface area contributed by atoms with Gasteiger partial charge in [0.05, 0.1) is 12.7 Å². The molecule has 1 heterocycles. The maximum Gasteiger partial charge on any atom is 0.325 e. The van der Waals surface area contributed by atoms with Gasteiger partial charge in [0.25, 0.3) is 5.91 Å². The number of amides is 3. The van der Waals surface area contributed by atoms with Gasteiger partial charge < -0.3 is 14.5 Å². The number of fused-ring (bicyclic) bond motifs is 1. The van der Waals surface area contributed by atoms with Gasteiger partial charge in [0.1, 0.15) is 5.58 Å². The van der Waals surface area contributed by atoms with Crippen LogP contribution in [0, 0.1) is 0 Å². The number of hydrogen-bond donors (Lipinski definition) is 2. The van der Waals surface area contributed by atoms with Crippen LogP contribution in [0.15, 0.2) is 59.2 Å². The second-order valence-electron chi connectivity index (χ2n) is 6.15. The minimum atomic E-state index is -0.716. The molecule has 0 atom stereocenters. The van der Waals surface area contributed by atoms with E-state index in [0.717, 1.165) is 17.4 Å². The molecule has 2 aromatic carbocycles. The van der Waals surface area contributed by atoms with Crippen LogP contribution in [0.5, 0.6) is 0 Å². The molecule has 7 nitrogen and oxygen atoms in total. The molecule has 7 heteroatoms. The second kappa shape index (κ2) is 8.85. The van der Waals surface area contributed by atoms with Crippen molar-refractivity contribution in [3.63, 3.8) is 0 Å². The molecule has 0 unspecified atom stereocenters.